The first-order chi connectivity index (χ1) is 14.9. The summed E-state index contributed by atoms with van der Waals surface area (Å²) in [4.78, 5) is 24.8. The Hall–Kier alpha value is -2.56. The third kappa shape index (κ3) is 4.70. The molecule has 0 bridgehead atoms. The topological polar surface area (TPSA) is 79.8 Å². The molecule has 4 rings (SSSR count). The summed E-state index contributed by atoms with van der Waals surface area (Å²) in [6.07, 6.45) is -3.37. The molecule has 1 N–H and O–H groups in total. The first kappa shape index (κ1) is 21.7. The zero-order valence-electron chi connectivity index (χ0n) is 16.9. The molecule has 2 aliphatic rings. The number of nitrogens with one attached hydrogen (secondary N) is 1. The molecule has 2 aliphatic heterocycles. The highest BCUT2D eigenvalue weighted by molar-refractivity contribution is 6.28. The summed E-state index contributed by atoms with van der Waals surface area (Å²) in [5, 5.41) is 3.20. The van der Waals surface area contributed by atoms with Gasteiger partial charge in [-0.3, -0.25) is 0 Å². The molecule has 31 heavy (non-hydrogen) atoms. The van der Waals surface area contributed by atoms with Crippen LogP contribution in [0.4, 0.5) is 19.4 Å². The minimum atomic E-state index is -3.37. The van der Waals surface area contributed by atoms with Gasteiger partial charge in [-0.1, -0.05) is 18.2 Å². The van der Waals surface area contributed by atoms with Gasteiger partial charge in [0.15, 0.2) is 0 Å². The molecule has 1 aromatic carbocycles. The molecule has 8 nitrogen and oxygen atoms in total. The van der Waals surface area contributed by atoms with Gasteiger partial charge in [-0.05, 0) is 23.2 Å². The number of fused-ring (bicyclic) bond motifs is 1. The van der Waals surface area contributed by atoms with Crippen molar-refractivity contribution in [1.82, 2.24) is 19.8 Å². The number of alkyl halides is 2. The molecule has 166 valence electrons. The maximum Gasteiger partial charge on any atom is 0.383 e. The molecule has 1 saturated heterocycles. The summed E-state index contributed by atoms with van der Waals surface area (Å²) < 4.78 is 37.2. The number of hydrogen-bond acceptors (Lipinski definition) is 6. The summed E-state index contributed by atoms with van der Waals surface area (Å²) in [6.45, 7) is 3.05. The van der Waals surface area contributed by atoms with Gasteiger partial charge in [0.05, 0.1) is 37.6 Å². The monoisotopic (exact) mass is 453 g/mol. The summed E-state index contributed by atoms with van der Waals surface area (Å²) >= 11 is 6.08. The predicted molar refractivity (Wildman–Crippen MR) is 109 cm³/mol. The van der Waals surface area contributed by atoms with E-state index >= 15 is 0 Å². The number of nitrogens with zero attached hydrogens (tertiary/aromatic N) is 4. The average molecular weight is 454 g/mol. The highest BCUT2D eigenvalue weighted by Gasteiger charge is 2.32. The number of hydrogen-bond donors (Lipinski definition) is 1. The number of carbonyl (C=O) groups excluding carboxylic acids is 1. The van der Waals surface area contributed by atoms with Crippen molar-refractivity contribution >= 4 is 23.4 Å². The number of amides is 2. The van der Waals surface area contributed by atoms with E-state index in [2.05, 4.69) is 20.0 Å². The van der Waals surface area contributed by atoms with Gasteiger partial charge in [-0.2, -0.15) is 8.78 Å². The molecule has 0 saturated carbocycles. The van der Waals surface area contributed by atoms with Crippen LogP contribution in [0.5, 0.6) is 0 Å². The highest BCUT2D eigenvalue weighted by Crippen LogP contribution is 2.31. The quantitative estimate of drug-likeness (QED) is 0.700. The van der Waals surface area contributed by atoms with Crippen molar-refractivity contribution < 1.29 is 23.0 Å². The molecule has 1 fully saturated rings. The highest BCUT2D eigenvalue weighted by atomic mass is 35.5. The van der Waals surface area contributed by atoms with Gasteiger partial charge in [-0.25, -0.2) is 14.8 Å². The van der Waals surface area contributed by atoms with Crippen LogP contribution in [0.15, 0.2) is 24.3 Å². The van der Waals surface area contributed by atoms with Crippen molar-refractivity contribution in [3.05, 3.63) is 51.9 Å². The van der Waals surface area contributed by atoms with Gasteiger partial charge in [0.25, 0.3) is 0 Å². The van der Waals surface area contributed by atoms with Crippen LogP contribution in [0.1, 0.15) is 22.4 Å². The van der Waals surface area contributed by atoms with Crippen molar-refractivity contribution in [3.63, 3.8) is 0 Å². The summed E-state index contributed by atoms with van der Waals surface area (Å²) in [6, 6.07) is 5.85. The van der Waals surface area contributed by atoms with Gasteiger partial charge in [0.2, 0.25) is 5.28 Å². The molecule has 2 aromatic rings. The SMILES string of the molecule is COC(F)(F)c1cccc(CNc2nc(Cl)nc3c2CN(C(=O)N2CCOCC2)C3)c1. The molecule has 3 heterocycles. The molecule has 0 spiro atoms. The lowest BCUT2D eigenvalue weighted by Gasteiger charge is -2.30. The zero-order valence-corrected chi connectivity index (χ0v) is 17.7. The molecular weight excluding hydrogens is 432 g/mol. The lowest BCUT2D eigenvalue weighted by atomic mass is 10.1. The fraction of sp³-hybridized carbons (Fsp3) is 0.450. The lowest BCUT2D eigenvalue weighted by Crippen LogP contribution is -2.46. The summed E-state index contributed by atoms with van der Waals surface area (Å²) in [5.41, 5.74) is 1.83. The van der Waals surface area contributed by atoms with Crippen LogP contribution in [0.25, 0.3) is 0 Å². The van der Waals surface area contributed by atoms with Gasteiger partial charge in [0.1, 0.15) is 5.82 Å². The predicted octanol–water partition coefficient (Wildman–Crippen LogP) is 3.21. The van der Waals surface area contributed by atoms with Crippen LogP contribution in [-0.2, 0) is 35.2 Å². The normalized spacial score (nSPS) is 16.4. The second kappa shape index (κ2) is 8.89. The first-order valence-corrected chi connectivity index (χ1v) is 10.2. The molecule has 0 unspecified atom stereocenters. The van der Waals surface area contributed by atoms with E-state index < -0.39 is 6.11 Å². The molecule has 11 heteroatoms. The number of methoxy groups -OCH3 is 1. The summed E-state index contributed by atoms with van der Waals surface area (Å²) in [5.74, 6) is 0.483. The minimum absolute atomic E-state index is 0.0570. The standard InChI is InChI=1S/C20H22ClF2N5O3/c1-30-20(22,23)14-4-2-3-13(9-14)10-24-17-15-11-28(12-16(15)25-18(21)26-17)19(29)27-5-7-31-8-6-27/h2-4,9H,5-8,10-12H2,1H3,(H,24,25,26). The second-order valence-corrected chi connectivity index (χ2v) is 7.62. The van der Waals surface area contributed by atoms with Crippen molar-refractivity contribution in [2.75, 3.05) is 38.7 Å². The van der Waals surface area contributed by atoms with Crippen molar-refractivity contribution in [2.45, 2.75) is 25.7 Å². The van der Waals surface area contributed by atoms with Gasteiger partial charge in [0, 0.05) is 32.3 Å². The number of morpholine rings is 1. The molecule has 0 atom stereocenters. The Labute approximate surface area is 183 Å². The first-order valence-electron chi connectivity index (χ1n) is 9.80. The molecule has 0 radical (unpaired) electrons. The van der Waals surface area contributed by atoms with Crippen LogP contribution in [0.3, 0.4) is 0 Å². The molecule has 2 amide bonds. The lowest BCUT2D eigenvalue weighted by molar-refractivity contribution is -0.231. The van der Waals surface area contributed by atoms with Crippen LogP contribution in [0, 0.1) is 0 Å². The number of halogens is 3. The van der Waals surface area contributed by atoms with Crippen molar-refractivity contribution in [3.8, 4) is 0 Å². The summed E-state index contributed by atoms with van der Waals surface area (Å²) in [7, 11) is 0.959. The van der Waals surface area contributed by atoms with Crippen LogP contribution >= 0.6 is 11.6 Å². The number of carbonyl (C=O) groups is 1. The average Bonchev–Trinajstić information content (AvgIpc) is 3.21. The largest absolute Gasteiger partial charge is 0.383 e. The second-order valence-electron chi connectivity index (χ2n) is 7.28. The van der Waals surface area contributed by atoms with Gasteiger partial charge >= 0.3 is 12.1 Å². The fourth-order valence-electron chi connectivity index (χ4n) is 3.63. The Kier molecular flexibility index (Phi) is 6.22. The van der Waals surface area contributed by atoms with Crippen molar-refractivity contribution in [1.29, 1.82) is 0 Å². The van der Waals surface area contributed by atoms with Crippen LogP contribution < -0.4 is 5.32 Å². The van der Waals surface area contributed by atoms with E-state index in [0.29, 0.717) is 56.5 Å². The number of benzene rings is 1. The smallest absolute Gasteiger partial charge is 0.378 e. The molecular formula is C20H22ClF2N5O3. The van der Waals surface area contributed by atoms with E-state index in [1.165, 1.54) is 12.1 Å². The maximum absolute atomic E-state index is 13.8. The van der Waals surface area contributed by atoms with E-state index in [1.807, 2.05) is 0 Å². The number of aromatic nitrogens is 2. The fourth-order valence-corrected chi connectivity index (χ4v) is 3.81. The number of anilines is 1. The maximum atomic E-state index is 13.8. The third-order valence-corrected chi connectivity index (χ3v) is 5.46. The Morgan fingerprint density at radius 2 is 2.03 bits per heavy atom. The molecule has 0 aliphatic carbocycles. The zero-order chi connectivity index (χ0) is 22.0. The Morgan fingerprint density at radius 1 is 1.26 bits per heavy atom. The minimum Gasteiger partial charge on any atom is -0.378 e. The van der Waals surface area contributed by atoms with Crippen molar-refractivity contribution in [2.24, 2.45) is 0 Å². The van der Waals surface area contributed by atoms with E-state index in [9.17, 15) is 13.6 Å². The third-order valence-electron chi connectivity index (χ3n) is 5.29. The van der Waals surface area contributed by atoms with Crippen LogP contribution in [-0.4, -0.2) is 59.2 Å². The van der Waals surface area contributed by atoms with Crippen LogP contribution in [0.2, 0.25) is 5.28 Å². The van der Waals surface area contributed by atoms with E-state index in [0.717, 1.165) is 12.7 Å². The number of urea groups is 1. The van der Waals surface area contributed by atoms with E-state index in [4.69, 9.17) is 16.3 Å². The molecule has 1 aromatic heterocycles. The van der Waals surface area contributed by atoms with Gasteiger partial charge in [-0.15, -0.1) is 0 Å². The Morgan fingerprint density at radius 3 is 2.77 bits per heavy atom. The van der Waals surface area contributed by atoms with E-state index in [-0.39, 0.29) is 23.4 Å². The Balaban J connectivity index is 1.48. The number of rotatable bonds is 5. The van der Waals surface area contributed by atoms with Gasteiger partial charge < -0.3 is 24.6 Å². The Bertz CT molecular complexity index is 972. The number of ether oxygens (including phenoxy) is 2. The van der Waals surface area contributed by atoms with E-state index in [1.54, 1.807) is 21.9 Å².